The van der Waals surface area contributed by atoms with E-state index in [0.29, 0.717) is 5.76 Å². The van der Waals surface area contributed by atoms with E-state index in [1.54, 1.807) is 6.08 Å². The van der Waals surface area contributed by atoms with Gasteiger partial charge in [0.05, 0.1) is 0 Å². The van der Waals surface area contributed by atoms with Crippen molar-refractivity contribution in [3.05, 3.63) is 36.1 Å². The number of allylic oxidation sites excluding steroid dienone is 4. The Hall–Kier alpha value is -1.35. The van der Waals surface area contributed by atoms with Crippen molar-refractivity contribution in [2.24, 2.45) is 0 Å². The Balaban J connectivity index is 0. The molecule has 0 aliphatic heterocycles. The van der Waals surface area contributed by atoms with E-state index in [0.717, 1.165) is 19.1 Å². The molecule has 0 saturated carbocycles. The molecule has 0 spiro atoms. The molecular weight excluding hydrogens is 214 g/mol. The Morgan fingerprint density at radius 1 is 1.35 bits per heavy atom. The van der Waals surface area contributed by atoms with Crippen molar-refractivity contribution >= 4 is 6.29 Å². The number of hydrogen-bond acceptors (Lipinski definition) is 3. The van der Waals surface area contributed by atoms with Gasteiger partial charge in [-0.25, -0.2) is 0 Å². The Labute approximate surface area is 105 Å². The lowest BCUT2D eigenvalue weighted by molar-refractivity contribution is -0.110. The second kappa shape index (κ2) is 14.6. The van der Waals surface area contributed by atoms with Gasteiger partial charge in [0.2, 0.25) is 0 Å². The third-order valence-corrected chi connectivity index (χ3v) is 1.86. The number of carbonyl (C=O) groups excluding carboxylic acids is 1. The van der Waals surface area contributed by atoms with E-state index in [4.69, 9.17) is 4.74 Å². The highest BCUT2D eigenvalue weighted by Gasteiger charge is 1.90. The quantitative estimate of drug-likeness (QED) is 0.321. The van der Waals surface area contributed by atoms with Gasteiger partial charge in [-0.15, -0.1) is 0 Å². The van der Waals surface area contributed by atoms with Crippen LogP contribution in [0, 0.1) is 0 Å². The molecule has 0 saturated heterocycles. The summed E-state index contributed by atoms with van der Waals surface area (Å²) in [4.78, 5) is 10.1. The summed E-state index contributed by atoms with van der Waals surface area (Å²) in [6.45, 7) is 7.90. The van der Waals surface area contributed by atoms with Crippen LogP contribution in [-0.4, -0.2) is 27.0 Å². The monoisotopic (exact) mass is 239 g/mol. The van der Waals surface area contributed by atoms with Gasteiger partial charge < -0.3 is 10.1 Å². The number of nitrogens with one attached hydrogen (secondary N) is 1. The summed E-state index contributed by atoms with van der Waals surface area (Å²) in [5.41, 5.74) is 1.35. The molecule has 0 aromatic heterocycles. The number of ether oxygens (including phenoxy) is 1. The fourth-order valence-electron chi connectivity index (χ4n) is 0.852. The van der Waals surface area contributed by atoms with E-state index in [1.165, 1.54) is 5.57 Å². The molecule has 0 fully saturated rings. The van der Waals surface area contributed by atoms with Gasteiger partial charge in [-0.3, -0.25) is 4.79 Å². The summed E-state index contributed by atoms with van der Waals surface area (Å²) in [7, 11) is 3.75. The van der Waals surface area contributed by atoms with Crippen molar-refractivity contribution in [3.63, 3.8) is 0 Å². The first-order valence-electron chi connectivity index (χ1n) is 5.79. The van der Waals surface area contributed by atoms with E-state index in [9.17, 15) is 4.79 Å². The van der Waals surface area contributed by atoms with Crippen LogP contribution in [0.4, 0.5) is 0 Å². The average Bonchev–Trinajstić information content (AvgIpc) is 2.34. The number of aldehydes is 1. The van der Waals surface area contributed by atoms with Crippen LogP contribution in [0.25, 0.3) is 0 Å². The van der Waals surface area contributed by atoms with Crippen LogP contribution in [0.1, 0.15) is 26.7 Å². The van der Waals surface area contributed by atoms with Gasteiger partial charge in [-0.05, 0) is 46.0 Å². The Bertz CT molecular complexity index is 255. The lowest BCUT2D eigenvalue weighted by atomic mass is 10.2. The molecule has 3 heteroatoms. The Kier molecular flexibility index (Phi) is 15.5. The molecule has 3 nitrogen and oxygen atoms in total. The maximum Gasteiger partial charge on any atom is 0.157 e. The lowest BCUT2D eigenvalue weighted by Gasteiger charge is -2.01. The van der Waals surface area contributed by atoms with Gasteiger partial charge in [-0.1, -0.05) is 25.2 Å². The Morgan fingerprint density at radius 3 is 2.35 bits per heavy atom. The molecule has 0 rings (SSSR count). The largest absolute Gasteiger partial charge is 0.487 e. The molecule has 1 N–H and O–H groups in total. The molecule has 0 radical (unpaired) electrons. The number of hydrogen-bond donors (Lipinski definition) is 1. The zero-order chi connectivity index (χ0) is 13.5. The van der Waals surface area contributed by atoms with Crippen molar-refractivity contribution in [1.82, 2.24) is 5.32 Å². The molecule has 0 aromatic carbocycles. The van der Waals surface area contributed by atoms with E-state index >= 15 is 0 Å². The Morgan fingerprint density at radius 2 is 1.94 bits per heavy atom. The van der Waals surface area contributed by atoms with Gasteiger partial charge in [0, 0.05) is 0 Å². The molecule has 0 aliphatic rings. The van der Waals surface area contributed by atoms with Crippen molar-refractivity contribution in [3.8, 4) is 0 Å². The third-order valence-electron chi connectivity index (χ3n) is 1.86. The molecule has 0 heterocycles. The minimum absolute atomic E-state index is 0.0916. The minimum Gasteiger partial charge on any atom is -0.487 e. The first kappa shape index (κ1) is 18.0. The van der Waals surface area contributed by atoms with E-state index in [2.05, 4.69) is 31.8 Å². The SMILES string of the molecule is C=C/C(=C\C/C=C(\C)CC)OCC=O.CNC. The predicted octanol–water partition coefficient (Wildman–Crippen LogP) is 2.85. The van der Waals surface area contributed by atoms with Gasteiger partial charge >= 0.3 is 0 Å². The molecule has 17 heavy (non-hydrogen) atoms. The molecule has 0 atom stereocenters. The highest BCUT2D eigenvalue weighted by Crippen LogP contribution is 2.04. The van der Waals surface area contributed by atoms with Crippen LogP contribution in [-0.2, 0) is 9.53 Å². The zero-order valence-corrected chi connectivity index (χ0v) is 11.5. The van der Waals surface area contributed by atoms with Gasteiger partial charge in [0.25, 0.3) is 0 Å². The van der Waals surface area contributed by atoms with E-state index in [-0.39, 0.29) is 6.61 Å². The van der Waals surface area contributed by atoms with Crippen molar-refractivity contribution in [1.29, 1.82) is 0 Å². The lowest BCUT2D eigenvalue weighted by Crippen LogP contribution is -1.93. The molecule has 98 valence electrons. The summed E-state index contributed by atoms with van der Waals surface area (Å²) in [6.07, 6.45) is 8.26. The fraction of sp³-hybridized carbons (Fsp3) is 0.500. The fourth-order valence-corrected chi connectivity index (χ4v) is 0.852. The average molecular weight is 239 g/mol. The summed E-state index contributed by atoms with van der Waals surface area (Å²) in [6, 6.07) is 0. The van der Waals surface area contributed by atoms with Crippen molar-refractivity contribution in [2.45, 2.75) is 26.7 Å². The van der Waals surface area contributed by atoms with Crippen LogP contribution >= 0.6 is 0 Å². The summed E-state index contributed by atoms with van der Waals surface area (Å²) < 4.78 is 5.10. The highest BCUT2D eigenvalue weighted by atomic mass is 16.5. The van der Waals surface area contributed by atoms with Gasteiger partial charge in [0.1, 0.15) is 12.4 Å². The maximum absolute atomic E-state index is 10.1. The van der Waals surface area contributed by atoms with Crippen molar-refractivity contribution in [2.75, 3.05) is 20.7 Å². The standard InChI is InChI=1S/C12H18O2.C2H7N/c1-4-11(3)7-6-8-12(5-2)14-10-9-13;1-3-2/h5,7-9H,2,4,6,10H2,1,3H3;3H,1-2H3/b11-7+,12-8+;. The van der Waals surface area contributed by atoms with E-state index < -0.39 is 0 Å². The van der Waals surface area contributed by atoms with Crippen LogP contribution in [0.15, 0.2) is 36.1 Å². The molecule has 0 amide bonds. The predicted molar refractivity (Wildman–Crippen MR) is 73.9 cm³/mol. The molecule has 0 unspecified atom stereocenters. The second-order valence-electron chi connectivity index (χ2n) is 3.43. The minimum atomic E-state index is 0.0916. The molecular formula is C14H25NO2. The summed E-state index contributed by atoms with van der Waals surface area (Å²) in [5, 5.41) is 2.75. The number of rotatable bonds is 7. The third kappa shape index (κ3) is 14.7. The van der Waals surface area contributed by atoms with Crippen LogP contribution in [0.2, 0.25) is 0 Å². The van der Waals surface area contributed by atoms with Crippen LogP contribution in [0.5, 0.6) is 0 Å². The first-order valence-corrected chi connectivity index (χ1v) is 5.79. The maximum atomic E-state index is 10.1. The van der Waals surface area contributed by atoms with Gasteiger partial charge in [0.15, 0.2) is 6.29 Å². The second-order valence-corrected chi connectivity index (χ2v) is 3.43. The van der Waals surface area contributed by atoms with E-state index in [1.807, 2.05) is 20.2 Å². The van der Waals surface area contributed by atoms with Crippen molar-refractivity contribution < 1.29 is 9.53 Å². The topological polar surface area (TPSA) is 38.3 Å². The first-order chi connectivity index (χ1) is 8.15. The molecule has 0 aromatic rings. The number of carbonyl (C=O) groups is 1. The van der Waals surface area contributed by atoms with Crippen LogP contribution < -0.4 is 5.32 Å². The molecule has 0 bridgehead atoms. The molecule has 0 aliphatic carbocycles. The normalized spacial score (nSPS) is 11.3. The van der Waals surface area contributed by atoms with Crippen LogP contribution in [0.3, 0.4) is 0 Å². The smallest absolute Gasteiger partial charge is 0.157 e. The zero-order valence-electron chi connectivity index (χ0n) is 11.5. The highest BCUT2D eigenvalue weighted by molar-refractivity contribution is 5.50. The summed E-state index contributed by atoms with van der Waals surface area (Å²) in [5.74, 6) is 0.664. The van der Waals surface area contributed by atoms with Gasteiger partial charge in [-0.2, -0.15) is 0 Å². The summed E-state index contributed by atoms with van der Waals surface area (Å²) >= 11 is 0.